The molecular formula is C15H21BrN2O2. The molecule has 1 aliphatic rings. The molecule has 20 heavy (non-hydrogen) atoms. The number of benzene rings is 1. The van der Waals surface area contributed by atoms with Crippen molar-refractivity contribution in [3.63, 3.8) is 0 Å². The van der Waals surface area contributed by atoms with Gasteiger partial charge in [0.1, 0.15) is 0 Å². The highest BCUT2D eigenvalue weighted by atomic mass is 79.9. The fourth-order valence-corrected chi connectivity index (χ4v) is 3.04. The van der Waals surface area contributed by atoms with Gasteiger partial charge in [-0.1, -0.05) is 22.0 Å². The van der Waals surface area contributed by atoms with Gasteiger partial charge in [0.25, 0.3) is 0 Å². The number of aromatic carboxylic acids is 1. The van der Waals surface area contributed by atoms with E-state index in [0.717, 1.165) is 23.1 Å². The van der Waals surface area contributed by atoms with Crippen LogP contribution in [0, 0.1) is 0 Å². The fourth-order valence-electron chi connectivity index (χ4n) is 2.52. The number of nitrogens with one attached hydrogen (secondary N) is 1. The zero-order chi connectivity index (χ0) is 14.5. The number of carbonyl (C=O) groups is 1. The Labute approximate surface area is 128 Å². The van der Waals surface area contributed by atoms with E-state index in [1.165, 1.54) is 25.9 Å². The molecule has 1 saturated heterocycles. The number of carboxylic acid groups (broad SMARTS) is 1. The molecular weight excluding hydrogens is 320 g/mol. The van der Waals surface area contributed by atoms with Crippen molar-refractivity contribution in [2.24, 2.45) is 0 Å². The molecule has 0 saturated carbocycles. The standard InChI is InChI=1S/C15H21BrN2O2/c1-11(10-18-6-2-3-7-18)17-9-13-5-4-12(15(19)20)8-14(13)16/h4-5,8,11,17H,2-3,6-7,9-10H2,1H3,(H,19,20). The minimum absolute atomic E-state index is 0.311. The van der Waals surface area contributed by atoms with Gasteiger partial charge in [0.05, 0.1) is 5.56 Å². The van der Waals surface area contributed by atoms with Crippen LogP contribution < -0.4 is 5.32 Å². The van der Waals surface area contributed by atoms with E-state index >= 15 is 0 Å². The number of rotatable bonds is 6. The maximum atomic E-state index is 10.9. The summed E-state index contributed by atoms with van der Waals surface area (Å²) >= 11 is 3.44. The van der Waals surface area contributed by atoms with E-state index in [2.05, 4.69) is 33.1 Å². The van der Waals surface area contributed by atoms with Crippen LogP contribution in [0.5, 0.6) is 0 Å². The van der Waals surface area contributed by atoms with Crippen molar-refractivity contribution in [2.45, 2.75) is 32.4 Å². The molecule has 2 N–H and O–H groups in total. The molecule has 110 valence electrons. The summed E-state index contributed by atoms with van der Waals surface area (Å²) in [6, 6.07) is 5.60. The lowest BCUT2D eigenvalue weighted by Crippen LogP contribution is -2.37. The van der Waals surface area contributed by atoms with Gasteiger partial charge in [-0.2, -0.15) is 0 Å². The summed E-state index contributed by atoms with van der Waals surface area (Å²) in [5.74, 6) is -0.896. The van der Waals surface area contributed by atoms with Crippen molar-refractivity contribution in [1.29, 1.82) is 0 Å². The highest BCUT2D eigenvalue weighted by molar-refractivity contribution is 9.10. The summed E-state index contributed by atoms with van der Waals surface area (Å²) in [4.78, 5) is 13.4. The topological polar surface area (TPSA) is 52.6 Å². The van der Waals surface area contributed by atoms with Gasteiger partial charge in [-0.25, -0.2) is 4.79 Å². The van der Waals surface area contributed by atoms with Crippen LogP contribution in [0.2, 0.25) is 0 Å². The van der Waals surface area contributed by atoms with Crippen molar-refractivity contribution < 1.29 is 9.90 Å². The highest BCUT2D eigenvalue weighted by Gasteiger charge is 2.14. The van der Waals surface area contributed by atoms with E-state index < -0.39 is 5.97 Å². The largest absolute Gasteiger partial charge is 0.478 e. The Kier molecular flexibility index (Phi) is 5.57. The second-order valence-electron chi connectivity index (χ2n) is 5.40. The molecule has 0 spiro atoms. The van der Waals surface area contributed by atoms with Crippen LogP contribution in [0.1, 0.15) is 35.7 Å². The second-order valence-corrected chi connectivity index (χ2v) is 6.26. The molecule has 4 nitrogen and oxygen atoms in total. The van der Waals surface area contributed by atoms with E-state index in [4.69, 9.17) is 5.11 Å². The molecule has 5 heteroatoms. The Bertz CT molecular complexity index is 473. The van der Waals surface area contributed by atoms with E-state index in [1.54, 1.807) is 12.1 Å². The number of halogens is 1. The molecule has 1 aromatic carbocycles. The molecule has 0 bridgehead atoms. The normalized spacial score (nSPS) is 17.3. The molecule has 0 radical (unpaired) electrons. The minimum atomic E-state index is -0.896. The third-order valence-electron chi connectivity index (χ3n) is 3.67. The zero-order valence-corrected chi connectivity index (χ0v) is 13.3. The monoisotopic (exact) mass is 340 g/mol. The van der Waals surface area contributed by atoms with Crippen molar-refractivity contribution in [1.82, 2.24) is 10.2 Å². The summed E-state index contributed by atoms with van der Waals surface area (Å²) in [6.07, 6.45) is 2.63. The predicted molar refractivity (Wildman–Crippen MR) is 83.1 cm³/mol. The number of carboxylic acids is 1. The quantitative estimate of drug-likeness (QED) is 0.835. The molecule has 0 amide bonds. The first kappa shape index (κ1) is 15.5. The summed E-state index contributed by atoms with van der Waals surface area (Å²) in [5, 5.41) is 12.4. The SMILES string of the molecule is CC(CN1CCCC1)NCc1ccc(C(=O)O)cc1Br. The Balaban J connectivity index is 1.85. The third kappa shape index (κ3) is 4.30. The molecule has 1 atom stereocenters. The van der Waals surface area contributed by atoms with E-state index in [0.29, 0.717) is 11.6 Å². The minimum Gasteiger partial charge on any atom is -0.478 e. The summed E-state index contributed by atoms with van der Waals surface area (Å²) in [5.41, 5.74) is 1.40. The van der Waals surface area contributed by atoms with Gasteiger partial charge >= 0.3 is 5.97 Å². The van der Waals surface area contributed by atoms with Gasteiger partial charge in [0.2, 0.25) is 0 Å². The number of likely N-dealkylation sites (tertiary alicyclic amines) is 1. The molecule has 1 heterocycles. The summed E-state index contributed by atoms with van der Waals surface area (Å²) < 4.78 is 0.846. The fraction of sp³-hybridized carbons (Fsp3) is 0.533. The van der Waals surface area contributed by atoms with Gasteiger partial charge in [-0.15, -0.1) is 0 Å². The van der Waals surface area contributed by atoms with E-state index in [9.17, 15) is 4.79 Å². The molecule has 0 aliphatic carbocycles. The van der Waals surface area contributed by atoms with Crippen LogP contribution in [0.25, 0.3) is 0 Å². The molecule has 1 aliphatic heterocycles. The lowest BCUT2D eigenvalue weighted by Gasteiger charge is -2.21. The van der Waals surface area contributed by atoms with Gasteiger partial charge < -0.3 is 15.3 Å². The second kappa shape index (κ2) is 7.20. The van der Waals surface area contributed by atoms with Gasteiger partial charge in [-0.3, -0.25) is 0 Å². The molecule has 0 aromatic heterocycles. The van der Waals surface area contributed by atoms with Crippen molar-refractivity contribution in [2.75, 3.05) is 19.6 Å². The Morgan fingerprint density at radius 2 is 2.15 bits per heavy atom. The zero-order valence-electron chi connectivity index (χ0n) is 11.7. The maximum absolute atomic E-state index is 10.9. The van der Waals surface area contributed by atoms with Crippen LogP contribution in [0.3, 0.4) is 0 Å². The Hall–Kier alpha value is -0.910. The van der Waals surface area contributed by atoms with Crippen LogP contribution >= 0.6 is 15.9 Å². The molecule has 1 aromatic rings. The van der Waals surface area contributed by atoms with Crippen LogP contribution in [-0.4, -0.2) is 41.7 Å². The highest BCUT2D eigenvalue weighted by Crippen LogP contribution is 2.19. The van der Waals surface area contributed by atoms with E-state index in [-0.39, 0.29) is 0 Å². The first-order valence-corrected chi connectivity index (χ1v) is 7.83. The molecule has 1 unspecified atom stereocenters. The Morgan fingerprint density at radius 1 is 1.45 bits per heavy atom. The first-order valence-electron chi connectivity index (χ1n) is 7.03. The lowest BCUT2D eigenvalue weighted by molar-refractivity contribution is 0.0697. The van der Waals surface area contributed by atoms with Crippen LogP contribution in [-0.2, 0) is 6.54 Å². The van der Waals surface area contributed by atoms with Crippen LogP contribution in [0.4, 0.5) is 0 Å². The first-order chi connectivity index (χ1) is 9.56. The molecule has 2 rings (SSSR count). The van der Waals surface area contributed by atoms with Gasteiger partial charge in [0, 0.05) is 23.6 Å². The van der Waals surface area contributed by atoms with Crippen molar-refractivity contribution in [3.05, 3.63) is 33.8 Å². The summed E-state index contributed by atoms with van der Waals surface area (Å²) in [6.45, 7) is 6.43. The average Bonchev–Trinajstić information content (AvgIpc) is 2.90. The molecule has 1 fully saturated rings. The van der Waals surface area contributed by atoms with Crippen molar-refractivity contribution >= 4 is 21.9 Å². The smallest absolute Gasteiger partial charge is 0.335 e. The maximum Gasteiger partial charge on any atom is 0.335 e. The van der Waals surface area contributed by atoms with E-state index in [1.807, 2.05) is 6.07 Å². The number of nitrogens with zero attached hydrogens (tertiary/aromatic N) is 1. The summed E-state index contributed by atoms with van der Waals surface area (Å²) in [7, 11) is 0. The third-order valence-corrected chi connectivity index (χ3v) is 4.41. The van der Waals surface area contributed by atoms with Gasteiger partial charge in [-0.05, 0) is 50.6 Å². The lowest BCUT2D eigenvalue weighted by atomic mass is 10.1. The van der Waals surface area contributed by atoms with Crippen molar-refractivity contribution in [3.8, 4) is 0 Å². The number of hydrogen-bond donors (Lipinski definition) is 2. The van der Waals surface area contributed by atoms with Crippen LogP contribution in [0.15, 0.2) is 22.7 Å². The Morgan fingerprint density at radius 3 is 2.75 bits per heavy atom. The van der Waals surface area contributed by atoms with Gasteiger partial charge in [0.15, 0.2) is 0 Å². The predicted octanol–water partition coefficient (Wildman–Crippen LogP) is 2.72. The average molecular weight is 341 g/mol. The number of hydrogen-bond acceptors (Lipinski definition) is 3.